The molecule has 2 aromatic heterocycles. The molecule has 2 heterocycles. The number of rotatable bonds is 9. The van der Waals surface area contributed by atoms with E-state index in [0.717, 1.165) is 43.6 Å². The smallest absolute Gasteiger partial charge is 0.303 e. The average Bonchev–Trinajstić information content (AvgIpc) is 3.23. The first kappa shape index (κ1) is 24.5. The van der Waals surface area contributed by atoms with Gasteiger partial charge in [0.25, 0.3) is 0 Å². The fourth-order valence-corrected chi connectivity index (χ4v) is 4.93. The van der Waals surface area contributed by atoms with Crippen LogP contribution in [0.25, 0.3) is 21.8 Å². The van der Waals surface area contributed by atoms with Crippen LogP contribution in [-0.2, 0) is 11.2 Å². The largest absolute Gasteiger partial charge is 0.493 e. The summed E-state index contributed by atoms with van der Waals surface area (Å²) in [6.07, 6.45) is 2.40. The maximum absolute atomic E-state index is 13.5. The second-order valence-electron chi connectivity index (χ2n) is 8.60. The quantitative estimate of drug-likeness (QED) is 0.278. The number of aryl methyl sites for hydroxylation is 3. The molecule has 0 fully saturated rings. The minimum absolute atomic E-state index is 0.0894. The van der Waals surface area contributed by atoms with Crippen molar-refractivity contribution in [3.05, 3.63) is 88.3 Å². The Morgan fingerprint density at radius 3 is 2.63 bits per heavy atom. The molecule has 2 aromatic carbocycles. The number of aromatic nitrogens is 2. The van der Waals surface area contributed by atoms with Crippen LogP contribution < -0.4 is 4.74 Å². The molecule has 0 radical (unpaired) electrons. The zero-order valence-electron chi connectivity index (χ0n) is 19.9. The number of benzene rings is 2. The Hall–Kier alpha value is -3.58. The van der Waals surface area contributed by atoms with Crippen LogP contribution in [0, 0.1) is 19.7 Å². The summed E-state index contributed by atoms with van der Waals surface area (Å²) < 4.78 is 19.6. The summed E-state index contributed by atoms with van der Waals surface area (Å²) in [5.74, 6) is -0.228. The summed E-state index contributed by atoms with van der Waals surface area (Å²) >= 11 is 1.62. The highest BCUT2D eigenvalue weighted by Gasteiger charge is 2.17. The van der Waals surface area contributed by atoms with Gasteiger partial charge >= 0.3 is 5.97 Å². The van der Waals surface area contributed by atoms with Gasteiger partial charge in [0.1, 0.15) is 16.6 Å². The topological polar surface area (TPSA) is 72.3 Å². The van der Waals surface area contributed by atoms with Gasteiger partial charge in [0.05, 0.1) is 18.0 Å². The molecule has 4 rings (SSSR count). The fourth-order valence-electron chi connectivity index (χ4n) is 3.91. The van der Waals surface area contributed by atoms with Crippen molar-refractivity contribution in [2.75, 3.05) is 6.61 Å². The molecular weight excluding hydrogens is 463 g/mol. The Labute approximate surface area is 208 Å². The van der Waals surface area contributed by atoms with E-state index < -0.39 is 5.97 Å². The summed E-state index contributed by atoms with van der Waals surface area (Å²) in [5.41, 5.74) is 5.41. The molecule has 0 amide bonds. The summed E-state index contributed by atoms with van der Waals surface area (Å²) in [5, 5.41) is 9.78. The molecule has 0 bridgehead atoms. The highest BCUT2D eigenvalue weighted by Crippen LogP contribution is 2.32. The number of hydrogen-bond acceptors (Lipinski definition) is 5. The lowest BCUT2D eigenvalue weighted by Gasteiger charge is -2.14. The zero-order chi connectivity index (χ0) is 24.9. The molecule has 0 aliphatic rings. The van der Waals surface area contributed by atoms with E-state index in [4.69, 9.17) is 14.8 Å². The van der Waals surface area contributed by atoms with Crippen molar-refractivity contribution >= 4 is 17.3 Å². The Kier molecular flexibility index (Phi) is 7.56. The summed E-state index contributed by atoms with van der Waals surface area (Å²) in [4.78, 5) is 21.3. The van der Waals surface area contributed by atoms with Crippen molar-refractivity contribution in [1.29, 1.82) is 0 Å². The predicted molar refractivity (Wildman–Crippen MR) is 137 cm³/mol. The summed E-state index contributed by atoms with van der Waals surface area (Å²) in [6, 6.07) is 16.0. The number of carbonyl (C=O) groups is 1. The third kappa shape index (κ3) is 6.11. The molecule has 0 aliphatic heterocycles. The number of pyridine rings is 1. The van der Waals surface area contributed by atoms with Gasteiger partial charge in [-0.25, -0.2) is 9.37 Å². The van der Waals surface area contributed by atoms with Crippen molar-refractivity contribution in [2.45, 2.75) is 39.5 Å². The van der Waals surface area contributed by atoms with Crippen LogP contribution in [0.2, 0.25) is 0 Å². The second-order valence-corrected chi connectivity index (χ2v) is 9.80. The molecule has 0 saturated carbocycles. The van der Waals surface area contributed by atoms with E-state index in [0.29, 0.717) is 18.7 Å². The second kappa shape index (κ2) is 10.8. The van der Waals surface area contributed by atoms with E-state index in [9.17, 15) is 9.18 Å². The molecule has 0 saturated heterocycles. The van der Waals surface area contributed by atoms with Crippen LogP contribution in [0.4, 0.5) is 4.39 Å². The fraction of sp³-hybridized carbons (Fsp3) is 0.250. The Balaban J connectivity index is 1.42. The molecule has 0 spiro atoms. The number of thiazole rings is 1. The molecule has 0 aliphatic carbocycles. The van der Waals surface area contributed by atoms with Gasteiger partial charge in [-0.05, 0) is 67.8 Å². The first-order chi connectivity index (χ1) is 16.8. The Bertz CT molecular complexity index is 1330. The number of carboxylic acid groups (broad SMARTS) is 1. The monoisotopic (exact) mass is 490 g/mol. The van der Waals surface area contributed by atoms with E-state index in [-0.39, 0.29) is 18.2 Å². The Morgan fingerprint density at radius 2 is 1.94 bits per heavy atom. The van der Waals surface area contributed by atoms with Gasteiger partial charge in [0.15, 0.2) is 0 Å². The van der Waals surface area contributed by atoms with Crippen molar-refractivity contribution in [3.63, 3.8) is 0 Å². The van der Waals surface area contributed by atoms with Gasteiger partial charge in [0.2, 0.25) is 0 Å². The van der Waals surface area contributed by atoms with Crippen molar-refractivity contribution in [3.8, 4) is 27.6 Å². The minimum atomic E-state index is -0.796. The van der Waals surface area contributed by atoms with Crippen LogP contribution in [0.3, 0.4) is 0 Å². The molecule has 180 valence electrons. The van der Waals surface area contributed by atoms with E-state index >= 15 is 0 Å². The molecule has 1 N–H and O–H groups in total. The zero-order valence-corrected chi connectivity index (χ0v) is 20.7. The SMILES string of the molecule is Cc1cc(OCC(C)c2nc(-c3ccc(-c4cccc(F)c4)nc3)sc2C)ccc1CCC(=O)O. The standard InChI is InChI=1S/C28H27FN2O3S/c1-17-13-24(10-7-20(17)9-12-26(32)33)34-16-18(2)27-19(3)35-28(31-27)22-8-11-25(30-15-22)21-5-4-6-23(29)14-21/h4-8,10-11,13-15,18H,9,12,16H2,1-3H3,(H,32,33). The molecular formula is C28H27FN2O3S. The summed E-state index contributed by atoms with van der Waals surface area (Å²) in [7, 11) is 0. The van der Waals surface area contributed by atoms with Crippen LogP contribution in [0.15, 0.2) is 60.8 Å². The van der Waals surface area contributed by atoms with Gasteiger partial charge in [0, 0.05) is 34.5 Å². The highest BCUT2D eigenvalue weighted by atomic mass is 32.1. The molecule has 1 atom stereocenters. The number of aliphatic carboxylic acids is 1. The summed E-state index contributed by atoms with van der Waals surface area (Å²) in [6.45, 7) is 6.60. The lowest BCUT2D eigenvalue weighted by molar-refractivity contribution is -0.136. The lowest BCUT2D eigenvalue weighted by atomic mass is 10.0. The van der Waals surface area contributed by atoms with Crippen LogP contribution in [0.5, 0.6) is 5.75 Å². The van der Waals surface area contributed by atoms with Crippen LogP contribution >= 0.6 is 11.3 Å². The Morgan fingerprint density at radius 1 is 1.11 bits per heavy atom. The van der Waals surface area contributed by atoms with Gasteiger partial charge in [-0.15, -0.1) is 11.3 Å². The third-order valence-corrected chi connectivity index (χ3v) is 6.89. The molecule has 35 heavy (non-hydrogen) atoms. The minimum Gasteiger partial charge on any atom is -0.493 e. The number of carboxylic acids is 1. The van der Waals surface area contributed by atoms with Crippen molar-refractivity contribution in [1.82, 2.24) is 9.97 Å². The number of ether oxygens (including phenoxy) is 1. The number of hydrogen-bond donors (Lipinski definition) is 1. The third-order valence-electron chi connectivity index (χ3n) is 5.85. The van der Waals surface area contributed by atoms with E-state index in [1.807, 2.05) is 43.3 Å². The normalized spacial score (nSPS) is 11.9. The molecule has 4 aromatic rings. The van der Waals surface area contributed by atoms with Gasteiger partial charge in [-0.3, -0.25) is 9.78 Å². The maximum atomic E-state index is 13.5. The van der Waals surface area contributed by atoms with Crippen molar-refractivity contribution in [2.24, 2.45) is 0 Å². The van der Waals surface area contributed by atoms with E-state index in [1.165, 1.54) is 12.1 Å². The number of halogens is 1. The van der Waals surface area contributed by atoms with Crippen molar-refractivity contribution < 1.29 is 19.0 Å². The van der Waals surface area contributed by atoms with Crippen LogP contribution in [-0.4, -0.2) is 27.7 Å². The molecule has 1 unspecified atom stereocenters. The first-order valence-corrected chi connectivity index (χ1v) is 12.3. The van der Waals surface area contributed by atoms with Gasteiger partial charge in [-0.1, -0.05) is 25.1 Å². The molecule has 5 nitrogen and oxygen atoms in total. The number of nitrogens with zero attached hydrogens (tertiary/aromatic N) is 2. The van der Waals surface area contributed by atoms with Gasteiger partial charge < -0.3 is 9.84 Å². The van der Waals surface area contributed by atoms with E-state index in [2.05, 4.69) is 18.8 Å². The predicted octanol–water partition coefficient (Wildman–Crippen LogP) is 6.83. The first-order valence-electron chi connectivity index (χ1n) is 11.4. The van der Waals surface area contributed by atoms with E-state index in [1.54, 1.807) is 23.6 Å². The lowest BCUT2D eigenvalue weighted by Crippen LogP contribution is -2.09. The average molecular weight is 491 g/mol. The molecule has 7 heteroatoms. The highest BCUT2D eigenvalue weighted by molar-refractivity contribution is 7.15. The van der Waals surface area contributed by atoms with Crippen LogP contribution in [0.1, 0.15) is 41.0 Å². The maximum Gasteiger partial charge on any atom is 0.303 e. The van der Waals surface area contributed by atoms with Gasteiger partial charge in [-0.2, -0.15) is 0 Å².